The second-order valence-corrected chi connectivity index (χ2v) is 10.1. The lowest BCUT2D eigenvalue weighted by Crippen LogP contribution is -2.41. The topological polar surface area (TPSA) is 92.5 Å². The van der Waals surface area contributed by atoms with Crippen molar-refractivity contribution >= 4 is 26.8 Å². The van der Waals surface area contributed by atoms with Crippen LogP contribution in [0.2, 0.25) is 0 Å². The van der Waals surface area contributed by atoms with Gasteiger partial charge >= 0.3 is 6.09 Å². The van der Waals surface area contributed by atoms with Crippen molar-refractivity contribution in [2.75, 3.05) is 19.3 Å². The lowest BCUT2D eigenvalue weighted by Gasteiger charge is -2.35. The number of nitrogens with zero attached hydrogens (tertiary/aromatic N) is 3. The number of carboxylic acid groups (broad SMARTS) is 1. The monoisotopic (exact) mass is 427 g/mol. The highest BCUT2D eigenvalue weighted by Gasteiger charge is 2.29. The van der Waals surface area contributed by atoms with E-state index >= 15 is 0 Å². The Labute approximate surface area is 175 Å². The first-order valence-corrected chi connectivity index (χ1v) is 11.8. The molecule has 0 saturated carbocycles. The molecule has 2 aromatic heterocycles. The molecule has 1 N–H and O–H groups in total. The van der Waals surface area contributed by atoms with Gasteiger partial charge in [0, 0.05) is 42.6 Å². The highest BCUT2D eigenvalue weighted by molar-refractivity contribution is 7.90. The fourth-order valence-corrected chi connectivity index (χ4v) is 4.94. The first kappa shape index (κ1) is 20.4. The summed E-state index contributed by atoms with van der Waals surface area (Å²) in [6.45, 7) is 3.78. The van der Waals surface area contributed by atoms with Crippen molar-refractivity contribution in [1.29, 1.82) is 0 Å². The van der Waals surface area contributed by atoms with Gasteiger partial charge in [-0.2, -0.15) is 0 Å². The molecule has 2 unspecified atom stereocenters. The molecular formula is C22H25N3O4S. The Morgan fingerprint density at radius 1 is 1.23 bits per heavy atom. The number of carbonyl (C=O) groups is 1. The number of aromatic nitrogens is 2. The van der Waals surface area contributed by atoms with Crippen molar-refractivity contribution in [3.05, 3.63) is 60.0 Å². The normalized spacial score (nSPS) is 19.9. The van der Waals surface area contributed by atoms with Gasteiger partial charge in [0.25, 0.3) is 0 Å². The Hall–Kier alpha value is -2.87. The standard InChI is InChI=1S/C22H25N3O4S/c1-15-13-25(22(26)27)10-8-20(15)17-3-4-18(23-12-17)14-24-9-7-16-11-19(30(2,28)29)5-6-21(16)24/h3-7,9,11-12,15,20H,8,10,13-14H2,1-2H3,(H,26,27). The molecule has 158 valence electrons. The Kier molecular flexibility index (Phi) is 5.27. The van der Waals surface area contributed by atoms with Crippen LogP contribution < -0.4 is 0 Å². The molecule has 1 aliphatic rings. The van der Waals surface area contributed by atoms with Gasteiger partial charge in [0.15, 0.2) is 9.84 Å². The second kappa shape index (κ2) is 7.75. The molecule has 0 bridgehead atoms. The van der Waals surface area contributed by atoms with E-state index in [2.05, 4.69) is 22.5 Å². The van der Waals surface area contributed by atoms with E-state index in [1.165, 1.54) is 11.2 Å². The number of pyridine rings is 1. The summed E-state index contributed by atoms with van der Waals surface area (Å²) in [5.74, 6) is 0.559. The third-order valence-corrected chi connectivity index (χ3v) is 7.06. The van der Waals surface area contributed by atoms with E-state index in [9.17, 15) is 18.3 Å². The average Bonchev–Trinajstić information content (AvgIpc) is 3.10. The third kappa shape index (κ3) is 4.05. The Bertz CT molecular complexity index is 1180. The minimum Gasteiger partial charge on any atom is -0.465 e. The fraction of sp³-hybridized carbons (Fsp3) is 0.364. The molecule has 1 aliphatic heterocycles. The Morgan fingerprint density at radius 3 is 2.67 bits per heavy atom. The van der Waals surface area contributed by atoms with E-state index in [1.54, 1.807) is 12.1 Å². The van der Waals surface area contributed by atoms with E-state index in [0.717, 1.165) is 28.6 Å². The van der Waals surface area contributed by atoms with Crippen LogP contribution in [0.1, 0.15) is 30.5 Å². The summed E-state index contributed by atoms with van der Waals surface area (Å²) in [6.07, 6.45) is 5.01. The number of sulfone groups is 1. The molecule has 2 atom stereocenters. The number of fused-ring (bicyclic) bond motifs is 1. The van der Waals surface area contributed by atoms with Crippen molar-refractivity contribution in [2.24, 2.45) is 5.92 Å². The number of amides is 1. The van der Waals surface area contributed by atoms with Gasteiger partial charge in [-0.3, -0.25) is 4.98 Å². The predicted octanol–water partition coefficient (Wildman–Crippen LogP) is 3.59. The number of rotatable bonds is 4. The van der Waals surface area contributed by atoms with Gasteiger partial charge in [-0.1, -0.05) is 13.0 Å². The molecule has 0 aliphatic carbocycles. The molecule has 1 fully saturated rings. The van der Waals surface area contributed by atoms with Crippen molar-refractivity contribution in [1.82, 2.24) is 14.5 Å². The van der Waals surface area contributed by atoms with Gasteiger partial charge in [0.1, 0.15) is 0 Å². The zero-order valence-corrected chi connectivity index (χ0v) is 17.8. The van der Waals surface area contributed by atoms with Crippen LogP contribution in [0.4, 0.5) is 4.79 Å². The smallest absolute Gasteiger partial charge is 0.407 e. The summed E-state index contributed by atoms with van der Waals surface area (Å²) < 4.78 is 25.6. The SMILES string of the molecule is CC1CN(C(=O)O)CCC1c1ccc(Cn2ccc3cc(S(C)(=O)=O)ccc32)nc1. The highest BCUT2D eigenvalue weighted by Crippen LogP contribution is 2.32. The molecule has 7 nitrogen and oxygen atoms in total. The maximum atomic E-state index is 11.8. The quantitative estimate of drug-likeness (QED) is 0.687. The number of benzene rings is 1. The van der Waals surface area contributed by atoms with E-state index in [1.807, 2.05) is 30.6 Å². The van der Waals surface area contributed by atoms with E-state index in [-0.39, 0.29) is 5.92 Å². The second-order valence-electron chi connectivity index (χ2n) is 8.12. The molecule has 3 aromatic rings. The largest absolute Gasteiger partial charge is 0.465 e. The highest BCUT2D eigenvalue weighted by atomic mass is 32.2. The summed E-state index contributed by atoms with van der Waals surface area (Å²) in [7, 11) is -3.23. The van der Waals surface area contributed by atoms with Crippen LogP contribution in [-0.4, -0.2) is 53.4 Å². The minimum atomic E-state index is -3.23. The first-order valence-electron chi connectivity index (χ1n) is 9.94. The molecule has 8 heteroatoms. The van der Waals surface area contributed by atoms with Crippen molar-refractivity contribution in [3.8, 4) is 0 Å². The molecule has 1 saturated heterocycles. The number of piperidine rings is 1. The molecule has 1 amide bonds. The summed E-state index contributed by atoms with van der Waals surface area (Å²) >= 11 is 0. The Morgan fingerprint density at radius 2 is 2.03 bits per heavy atom. The summed E-state index contributed by atoms with van der Waals surface area (Å²) in [5, 5.41) is 10.1. The number of likely N-dealkylation sites (tertiary alicyclic amines) is 1. The summed E-state index contributed by atoms with van der Waals surface area (Å²) in [4.78, 5) is 17.6. The molecular weight excluding hydrogens is 402 g/mol. The number of hydrogen-bond acceptors (Lipinski definition) is 4. The van der Waals surface area contributed by atoms with Crippen LogP contribution in [0.3, 0.4) is 0 Å². The van der Waals surface area contributed by atoms with E-state index in [4.69, 9.17) is 0 Å². The van der Waals surface area contributed by atoms with Gasteiger partial charge < -0.3 is 14.6 Å². The molecule has 30 heavy (non-hydrogen) atoms. The number of hydrogen-bond donors (Lipinski definition) is 1. The van der Waals surface area contributed by atoms with Gasteiger partial charge in [-0.15, -0.1) is 0 Å². The van der Waals surface area contributed by atoms with Gasteiger partial charge in [0.2, 0.25) is 0 Å². The van der Waals surface area contributed by atoms with E-state index in [0.29, 0.717) is 30.4 Å². The maximum absolute atomic E-state index is 11.8. The van der Waals surface area contributed by atoms with Crippen LogP contribution in [0.5, 0.6) is 0 Å². The Balaban J connectivity index is 1.50. The predicted molar refractivity (Wildman–Crippen MR) is 115 cm³/mol. The minimum absolute atomic E-state index is 0.250. The fourth-order valence-electron chi connectivity index (χ4n) is 4.28. The summed E-state index contributed by atoms with van der Waals surface area (Å²) in [6, 6.07) is 11.2. The first-order chi connectivity index (χ1) is 14.2. The van der Waals surface area contributed by atoms with Crippen LogP contribution >= 0.6 is 0 Å². The van der Waals surface area contributed by atoms with Crippen molar-refractivity contribution in [2.45, 2.75) is 30.7 Å². The van der Waals surface area contributed by atoms with Crippen LogP contribution in [0.25, 0.3) is 10.9 Å². The van der Waals surface area contributed by atoms with Crippen molar-refractivity contribution < 1.29 is 18.3 Å². The average molecular weight is 428 g/mol. The van der Waals surface area contributed by atoms with Crippen molar-refractivity contribution in [3.63, 3.8) is 0 Å². The zero-order chi connectivity index (χ0) is 21.5. The lowest BCUT2D eigenvalue weighted by molar-refractivity contribution is 0.116. The lowest BCUT2D eigenvalue weighted by atomic mass is 9.82. The van der Waals surface area contributed by atoms with Gasteiger partial charge in [0.05, 0.1) is 17.1 Å². The molecule has 0 radical (unpaired) electrons. The molecule has 4 rings (SSSR count). The zero-order valence-electron chi connectivity index (χ0n) is 17.0. The summed E-state index contributed by atoms with van der Waals surface area (Å²) in [5.41, 5.74) is 3.02. The van der Waals surface area contributed by atoms with Crippen LogP contribution in [0, 0.1) is 5.92 Å². The maximum Gasteiger partial charge on any atom is 0.407 e. The van der Waals surface area contributed by atoms with Crippen LogP contribution in [0.15, 0.2) is 53.7 Å². The molecule has 1 aromatic carbocycles. The third-order valence-electron chi connectivity index (χ3n) is 5.95. The molecule has 0 spiro atoms. The van der Waals surface area contributed by atoms with Gasteiger partial charge in [-0.05, 0) is 54.2 Å². The van der Waals surface area contributed by atoms with E-state index < -0.39 is 15.9 Å². The molecule has 3 heterocycles. The van der Waals surface area contributed by atoms with Gasteiger partial charge in [-0.25, -0.2) is 13.2 Å². The van der Waals surface area contributed by atoms with Crippen LogP contribution in [-0.2, 0) is 16.4 Å².